The van der Waals surface area contributed by atoms with Crippen LogP contribution in [-0.2, 0) is 0 Å². The van der Waals surface area contributed by atoms with Crippen molar-refractivity contribution in [1.82, 2.24) is 15.2 Å². The summed E-state index contributed by atoms with van der Waals surface area (Å²) in [7, 11) is 3.50. The van der Waals surface area contributed by atoms with E-state index in [0.717, 1.165) is 31.9 Å². The molecule has 104 valence electrons. The molecule has 5 nitrogen and oxygen atoms in total. The van der Waals surface area contributed by atoms with Gasteiger partial charge in [-0.3, -0.25) is 4.79 Å². The second-order valence-electron chi connectivity index (χ2n) is 5.04. The molecule has 1 aromatic heterocycles. The Labute approximate surface area is 114 Å². The molecule has 1 aromatic rings. The fraction of sp³-hybridized carbons (Fsp3) is 0.571. The van der Waals surface area contributed by atoms with Gasteiger partial charge in [-0.25, -0.2) is 4.98 Å². The van der Waals surface area contributed by atoms with E-state index in [0.29, 0.717) is 11.6 Å². The molecule has 0 radical (unpaired) electrons. The third-order valence-corrected chi connectivity index (χ3v) is 3.51. The number of hydrogen-bond donors (Lipinski definition) is 1. The Kier molecular flexibility index (Phi) is 4.37. The summed E-state index contributed by atoms with van der Waals surface area (Å²) in [5, 5.41) is 3.37. The summed E-state index contributed by atoms with van der Waals surface area (Å²) in [6, 6.07) is 4.31. The van der Waals surface area contributed by atoms with Crippen LogP contribution in [-0.4, -0.2) is 55.6 Å². The molecule has 0 aliphatic carbocycles. The van der Waals surface area contributed by atoms with Gasteiger partial charge in [0.1, 0.15) is 5.82 Å². The number of carbonyl (C=O) groups excluding carboxylic acids is 1. The lowest BCUT2D eigenvalue weighted by Crippen LogP contribution is -2.37. The fourth-order valence-corrected chi connectivity index (χ4v) is 2.45. The monoisotopic (exact) mass is 262 g/mol. The number of carbonyl (C=O) groups is 1. The first-order valence-electron chi connectivity index (χ1n) is 6.78. The molecule has 19 heavy (non-hydrogen) atoms. The minimum absolute atomic E-state index is 0.00960. The molecule has 1 amide bonds. The molecule has 1 N–H and O–H groups in total. The van der Waals surface area contributed by atoms with Crippen molar-refractivity contribution in [3.05, 3.63) is 23.9 Å². The second kappa shape index (κ2) is 6.02. The lowest BCUT2D eigenvalue weighted by Gasteiger charge is -2.28. The predicted octanol–water partition coefficient (Wildman–Crippen LogP) is 0.972. The van der Waals surface area contributed by atoms with Gasteiger partial charge in [-0.15, -0.1) is 0 Å². The van der Waals surface area contributed by atoms with Crippen molar-refractivity contribution in [2.24, 2.45) is 0 Å². The molecule has 0 spiro atoms. The highest BCUT2D eigenvalue weighted by molar-refractivity contribution is 5.93. The lowest BCUT2D eigenvalue weighted by molar-refractivity contribution is 0.0827. The topological polar surface area (TPSA) is 48.5 Å². The summed E-state index contributed by atoms with van der Waals surface area (Å²) in [6.07, 6.45) is 2.82. The summed E-state index contributed by atoms with van der Waals surface area (Å²) >= 11 is 0. The van der Waals surface area contributed by atoms with Crippen LogP contribution in [0.3, 0.4) is 0 Å². The Bertz CT molecular complexity index is 424. The minimum atomic E-state index is -0.00960. The average Bonchev–Trinajstić information content (AvgIpc) is 2.93. The number of nitrogens with one attached hydrogen (secondary N) is 1. The highest BCUT2D eigenvalue weighted by atomic mass is 16.2. The van der Waals surface area contributed by atoms with Crippen LogP contribution in [0.5, 0.6) is 0 Å². The van der Waals surface area contributed by atoms with E-state index in [2.05, 4.69) is 22.1 Å². The molecule has 2 heterocycles. The smallest absolute Gasteiger partial charge is 0.254 e. The van der Waals surface area contributed by atoms with E-state index in [-0.39, 0.29) is 5.91 Å². The number of nitrogens with zero attached hydrogens (tertiary/aromatic N) is 3. The third-order valence-electron chi connectivity index (χ3n) is 3.51. The minimum Gasteiger partial charge on any atom is -0.353 e. The van der Waals surface area contributed by atoms with E-state index in [1.54, 1.807) is 25.2 Å². The largest absolute Gasteiger partial charge is 0.353 e. The summed E-state index contributed by atoms with van der Waals surface area (Å²) in [5.74, 6) is 0.941. The highest BCUT2D eigenvalue weighted by Crippen LogP contribution is 2.18. The zero-order chi connectivity index (χ0) is 13.8. The summed E-state index contributed by atoms with van der Waals surface area (Å²) in [6.45, 7) is 5.14. The molecule has 1 unspecified atom stereocenters. The van der Waals surface area contributed by atoms with Crippen molar-refractivity contribution in [3.63, 3.8) is 0 Å². The lowest BCUT2D eigenvalue weighted by atomic mass is 10.2. The van der Waals surface area contributed by atoms with Gasteiger partial charge in [0.25, 0.3) is 5.91 Å². The number of aromatic nitrogens is 1. The summed E-state index contributed by atoms with van der Waals surface area (Å²) in [4.78, 5) is 20.1. The molecule has 5 heteroatoms. The second-order valence-corrected chi connectivity index (χ2v) is 5.04. The van der Waals surface area contributed by atoms with E-state index >= 15 is 0 Å². The first-order chi connectivity index (χ1) is 9.13. The SMILES string of the molecule is CCN(c1ccc(C(=O)N(C)C)cn1)C1CCNC1. The molecule has 1 aliphatic heterocycles. The van der Waals surface area contributed by atoms with Crippen molar-refractivity contribution in [2.75, 3.05) is 38.6 Å². The Hall–Kier alpha value is -1.62. The summed E-state index contributed by atoms with van der Waals surface area (Å²) < 4.78 is 0. The van der Waals surface area contributed by atoms with Crippen LogP contribution in [0.1, 0.15) is 23.7 Å². The maximum Gasteiger partial charge on any atom is 0.254 e. The van der Waals surface area contributed by atoms with Crippen LogP contribution in [0.2, 0.25) is 0 Å². The maximum atomic E-state index is 11.8. The van der Waals surface area contributed by atoms with E-state index in [1.165, 1.54) is 0 Å². The van der Waals surface area contributed by atoms with E-state index in [4.69, 9.17) is 0 Å². The Morgan fingerprint density at radius 3 is 2.74 bits per heavy atom. The molecule has 0 aromatic carbocycles. The number of amides is 1. The van der Waals surface area contributed by atoms with Crippen LogP contribution >= 0.6 is 0 Å². The van der Waals surface area contributed by atoms with Gasteiger partial charge < -0.3 is 15.1 Å². The molecular weight excluding hydrogens is 240 g/mol. The van der Waals surface area contributed by atoms with Crippen molar-refractivity contribution in [3.8, 4) is 0 Å². The highest BCUT2D eigenvalue weighted by Gasteiger charge is 2.22. The molecule has 1 atom stereocenters. The van der Waals surface area contributed by atoms with Gasteiger partial charge in [0.15, 0.2) is 0 Å². The van der Waals surface area contributed by atoms with Crippen molar-refractivity contribution < 1.29 is 4.79 Å². The number of rotatable bonds is 4. The molecule has 2 rings (SSSR count). The van der Waals surface area contributed by atoms with E-state index in [1.807, 2.05) is 12.1 Å². The van der Waals surface area contributed by atoms with Gasteiger partial charge in [0, 0.05) is 39.4 Å². The third kappa shape index (κ3) is 3.04. The van der Waals surface area contributed by atoms with Gasteiger partial charge >= 0.3 is 0 Å². The summed E-state index contributed by atoms with van der Waals surface area (Å²) in [5.41, 5.74) is 0.634. The van der Waals surface area contributed by atoms with Gasteiger partial charge in [-0.1, -0.05) is 0 Å². The Morgan fingerprint density at radius 1 is 1.47 bits per heavy atom. The van der Waals surface area contributed by atoms with Gasteiger partial charge in [-0.2, -0.15) is 0 Å². The van der Waals surface area contributed by atoms with E-state index in [9.17, 15) is 4.79 Å². The predicted molar refractivity (Wildman–Crippen MR) is 76.5 cm³/mol. The van der Waals surface area contributed by atoms with Crippen LogP contribution in [0.25, 0.3) is 0 Å². The van der Waals surface area contributed by atoms with Gasteiger partial charge in [0.2, 0.25) is 0 Å². The quantitative estimate of drug-likeness (QED) is 0.878. The van der Waals surface area contributed by atoms with Crippen molar-refractivity contribution >= 4 is 11.7 Å². The normalized spacial score (nSPS) is 18.4. The molecule has 1 fully saturated rings. The standard InChI is InChI=1S/C14H22N4O/c1-4-18(12-7-8-15-10-12)13-6-5-11(9-16-13)14(19)17(2)3/h5-6,9,12,15H,4,7-8,10H2,1-3H3. The van der Waals surface area contributed by atoms with Crippen LogP contribution in [0, 0.1) is 0 Å². The zero-order valence-electron chi connectivity index (χ0n) is 11.9. The van der Waals surface area contributed by atoms with Gasteiger partial charge in [-0.05, 0) is 32.0 Å². The number of hydrogen-bond acceptors (Lipinski definition) is 4. The molecule has 1 aliphatic rings. The molecular formula is C14H22N4O. The molecule has 0 bridgehead atoms. The average molecular weight is 262 g/mol. The van der Waals surface area contributed by atoms with E-state index < -0.39 is 0 Å². The maximum absolute atomic E-state index is 11.8. The number of anilines is 1. The number of pyridine rings is 1. The fourth-order valence-electron chi connectivity index (χ4n) is 2.45. The first-order valence-corrected chi connectivity index (χ1v) is 6.78. The van der Waals surface area contributed by atoms with Crippen LogP contribution in [0.4, 0.5) is 5.82 Å². The molecule has 1 saturated heterocycles. The van der Waals surface area contributed by atoms with Gasteiger partial charge in [0.05, 0.1) is 5.56 Å². The van der Waals surface area contributed by atoms with Crippen molar-refractivity contribution in [1.29, 1.82) is 0 Å². The Balaban J connectivity index is 2.14. The molecule has 0 saturated carbocycles. The first kappa shape index (κ1) is 13.8. The Morgan fingerprint density at radius 2 is 2.26 bits per heavy atom. The van der Waals surface area contributed by atoms with Crippen LogP contribution in [0.15, 0.2) is 18.3 Å². The number of likely N-dealkylation sites (N-methyl/N-ethyl adjacent to an activating group) is 1. The van der Waals surface area contributed by atoms with Crippen molar-refractivity contribution in [2.45, 2.75) is 19.4 Å². The van der Waals surface area contributed by atoms with Crippen LogP contribution < -0.4 is 10.2 Å². The zero-order valence-corrected chi connectivity index (χ0v) is 11.9.